The number of aromatic nitrogens is 2. The van der Waals surface area contributed by atoms with Crippen LogP contribution in [0.3, 0.4) is 0 Å². The second-order valence-electron chi connectivity index (χ2n) is 7.85. The van der Waals surface area contributed by atoms with Gasteiger partial charge in [0.15, 0.2) is 0 Å². The standard InChI is InChI=1S/C27H26N2O8/c1-4-20-23(26(34)37-5-2)24(18-10-12-19(36-3)13-11-18)28-27(35)29(20)15-16-6-8-17(9-7-16)21(30)14-22(31)25(32)33/h6-14,30H,4-5,15H2,1-3H3,(H,32,33). The van der Waals surface area contributed by atoms with Crippen LogP contribution in [0.15, 0.2) is 59.4 Å². The predicted molar refractivity (Wildman–Crippen MR) is 135 cm³/mol. The van der Waals surface area contributed by atoms with E-state index in [1.54, 1.807) is 43.3 Å². The number of aliphatic hydroxyl groups is 1. The van der Waals surface area contributed by atoms with Gasteiger partial charge in [0.1, 0.15) is 17.1 Å². The van der Waals surface area contributed by atoms with Crippen LogP contribution in [0.1, 0.15) is 41.0 Å². The van der Waals surface area contributed by atoms with Crippen LogP contribution in [-0.2, 0) is 27.3 Å². The molecular weight excluding hydrogens is 480 g/mol. The van der Waals surface area contributed by atoms with Gasteiger partial charge in [-0.2, -0.15) is 4.98 Å². The van der Waals surface area contributed by atoms with Crippen LogP contribution in [0.25, 0.3) is 17.0 Å². The van der Waals surface area contributed by atoms with Crippen molar-refractivity contribution in [1.29, 1.82) is 0 Å². The molecule has 1 heterocycles. The van der Waals surface area contributed by atoms with Gasteiger partial charge in [0.25, 0.3) is 5.78 Å². The zero-order valence-electron chi connectivity index (χ0n) is 20.6. The molecule has 0 unspecified atom stereocenters. The highest BCUT2D eigenvalue weighted by Crippen LogP contribution is 2.27. The number of nitrogens with zero attached hydrogens (tertiary/aromatic N) is 2. The number of aliphatic hydroxyl groups excluding tert-OH is 1. The van der Waals surface area contributed by atoms with Gasteiger partial charge in [0.05, 0.1) is 26.0 Å². The lowest BCUT2D eigenvalue weighted by Crippen LogP contribution is -2.30. The first kappa shape index (κ1) is 26.9. The van der Waals surface area contributed by atoms with Crippen LogP contribution in [0.2, 0.25) is 0 Å². The second kappa shape index (κ2) is 11.8. The van der Waals surface area contributed by atoms with Crippen molar-refractivity contribution in [3.05, 3.63) is 87.5 Å². The molecule has 2 N–H and O–H groups in total. The van der Waals surface area contributed by atoms with Gasteiger partial charge < -0.3 is 19.7 Å². The molecule has 3 rings (SSSR count). The van der Waals surface area contributed by atoms with Gasteiger partial charge in [0, 0.05) is 22.9 Å². The third-order valence-electron chi connectivity index (χ3n) is 5.54. The summed E-state index contributed by atoms with van der Waals surface area (Å²) in [5.74, 6) is -3.42. The van der Waals surface area contributed by atoms with Gasteiger partial charge in [0.2, 0.25) is 0 Å². The molecule has 0 radical (unpaired) electrons. The first-order chi connectivity index (χ1) is 17.7. The highest BCUT2D eigenvalue weighted by atomic mass is 16.5. The van der Waals surface area contributed by atoms with Gasteiger partial charge in [-0.15, -0.1) is 0 Å². The van der Waals surface area contributed by atoms with Crippen molar-refractivity contribution in [2.75, 3.05) is 13.7 Å². The average molecular weight is 507 g/mol. The van der Waals surface area contributed by atoms with Crippen LogP contribution < -0.4 is 10.4 Å². The van der Waals surface area contributed by atoms with E-state index in [1.165, 1.54) is 23.8 Å². The number of carbonyl (C=O) groups excluding carboxylic acids is 2. The molecule has 3 aromatic rings. The molecule has 10 heteroatoms. The number of aliphatic carboxylic acids is 1. The first-order valence-corrected chi connectivity index (χ1v) is 11.4. The topological polar surface area (TPSA) is 145 Å². The minimum absolute atomic E-state index is 0.0725. The number of ketones is 1. The van der Waals surface area contributed by atoms with Crippen molar-refractivity contribution in [2.45, 2.75) is 26.8 Å². The quantitative estimate of drug-likeness (QED) is 0.183. The van der Waals surface area contributed by atoms with E-state index in [1.807, 2.05) is 6.92 Å². The molecule has 0 bridgehead atoms. The number of ether oxygens (including phenoxy) is 2. The molecule has 0 atom stereocenters. The van der Waals surface area contributed by atoms with E-state index in [4.69, 9.17) is 14.6 Å². The molecule has 0 saturated carbocycles. The molecule has 0 saturated heterocycles. The van der Waals surface area contributed by atoms with Crippen molar-refractivity contribution in [3.63, 3.8) is 0 Å². The second-order valence-corrected chi connectivity index (χ2v) is 7.85. The fourth-order valence-electron chi connectivity index (χ4n) is 3.74. The number of hydrogen-bond acceptors (Lipinski definition) is 8. The molecule has 1 aromatic heterocycles. The molecule has 0 aliphatic rings. The Hall–Kier alpha value is -4.73. The van der Waals surface area contributed by atoms with E-state index in [2.05, 4.69) is 4.98 Å². The predicted octanol–water partition coefficient (Wildman–Crippen LogP) is 3.26. The normalized spacial score (nSPS) is 11.2. The van der Waals surface area contributed by atoms with Crippen molar-refractivity contribution >= 4 is 23.5 Å². The van der Waals surface area contributed by atoms with Gasteiger partial charge in [-0.05, 0) is 43.2 Å². The molecule has 0 aliphatic carbocycles. The van der Waals surface area contributed by atoms with Gasteiger partial charge in [-0.3, -0.25) is 9.36 Å². The van der Waals surface area contributed by atoms with Crippen molar-refractivity contribution < 1.29 is 34.1 Å². The third-order valence-corrected chi connectivity index (χ3v) is 5.54. The summed E-state index contributed by atoms with van der Waals surface area (Å²) in [4.78, 5) is 52.4. The summed E-state index contributed by atoms with van der Waals surface area (Å²) in [5, 5.41) is 18.7. The summed E-state index contributed by atoms with van der Waals surface area (Å²) >= 11 is 0. The molecule has 10 nitrogen and oxygen atoms in total. The Morgan fingerprint density at radius 1 is 1.00 bits per heavy atom. The van der Waals surface area contributed by atoms with E-state index < -0.39 is 29.2 Å². The van der Waals surface area contributed by atoms with Crippen LogP contribution in [0, 0.1) is 0 Å². The summed E-state index contributed by atoms with van der Waals surface area (Å²) in [6.07, 6.45) is 0.957. The Bertz CT molecular complexity index is 1400. The Morgan fingerprint density at radius 3 is 2.19 bits per heavy atom. The van der Waals surface area contributed by atoms with E-state index in [0.29, 0.717) is 35.1 Å². The Morgan fingerprint density at radius 2 is 1.65 bits per heavy atom. The zero-order chi connectivity index (χ0) is 27.1. The molecule has 0 amide bonds. The maximum atomic E-state index is 13.1. The lowest BCUT2D eigenvalue weighted by Gasteiger charge is -2.18. The van der Waals surface area contributed by atoms with Crippen LogP contribution in [0.5, 0.6) is 5.75 Å². The molecule has 0 spiro atoms. The number of methoxy groups -OCH3 is 1. The van der Waals surface area contributed by atoms with Crippen LogP contribution in [-0.4, -0.2) is 51.2 Å². The minimum atomic E-state index is -1.68. The van der Waals surface area contributed by atoms with Crippen molar-refractivity contribution in [1.82, 2.24) is 9.55 Å². The number of carboxylic acid groups (broad SMARTS) is 1. The van der Waals surface area contributed by atoms with Gasteiger partial charge in [-0.25, -0.2) is 14.4 Å². The van der Waals surface area contributed by atoms with E-state index in [9.17, 15) is 24.3 Å². The minimum Gasteiger partial charge on any atom is -0.507 e. The number of carbonyl (C=O) groups is 3. The fourth-order valence-corrected chi connectivity index (χ4v) is 3.74. The number of benzene rings is 2. The molecule has 0 fully saturated rings. The molecular formula is C27H26N2O8. The SMILES string of the molecule is CCOC(=O)c1c(-c2ccc(OC)cc2)nc(=O)n(Cc2ccc(C(O)=CC(=O)C(=O)O)cc2)c1CC. The number of rotatable bonds is 10. The maximum absolute atomic E-state index is 13.1. The van der Waals surface area contributed by atoms with E-state index in [0.717, 1.165) is 0 Å². The van der Waals surface area contributed by atoms with Crippen LogP contribution >= 0.6 is 0 Å². The molecule has 2 aromatic carbocycles. The van der Waals surface area contributed by atoms with Crippen LogP contribution in [0.4, 0.5) is 0 Å². The summed E-state index contributed by atoms with van der Waals surface area (Å²) in [7, 11) is 1.54. The smallest absolute Gasteiger partial charge is 0.376 e. The monoisotopic (exact) mass is 506 g/mol. The maximum Gasteiger partial charge on any atom is 0.376 e. The highest BCUT2D eigenvalue weighted by molar-refractivity contribution is 6.38. The highest BCUT2D eigenvalue weighted by Gasteiger charge is 2.24. The average Bonchev–Trinajstić information content (AvgIpc) is 2.89. The summed E-state index contributed by atoms with van der Waals surface area (Å²) in [5.41, 5.74) is 1.72. The van der Waals surface area contributed by atoms with Crippen molar-refractivity contribution in [3.8, 4) is 17.0 Å². The van der Waals surface area contributed by atoms with Crippen molar-refractivity contribution in [2.24, 2.45) is 0 Å². The Labute approximate surface area is 212 Å². The number of esters is 1. The van der Waals surface area contributed by atoms with Gasteiger partial charge >= 0.3 is 17.6 Å². The Balaban J connectivity index is 2.06. The van der Waals surface area contributed by atoms with E-state index in [-0.39, 0.29) is 30.0 Å². The summed E-state index contributed by atoms with van der Waals surface area (Å²) < 4.78 is 11.9. The third kappa shape index (κ3) is 6.10. The summed E-state index contributed by atoms with van der Waals surface area (Å²) in [6.45, 7) is 3.72. The lowest BCUT2D eigenvalue weighted by molar-refractivity contribution is -0.146. The largest absolute Gasteiger partial charge is 0.507 e. The number of carboxylic acids is 1. The first-order valence-electron chi connectivity index (χ1n) is 11.4. The molecule has 37 heavy (non-hydrogen) atoms. The summed E-state index contributed by atoms with van der Waals surface area (Å²) in [6, 6.07) is 13.0. The van der Waals surface area contributed by atoms with E-state index >= 15 is 0 Å². The molecule has 192 valence electrons. The Kier molecular flexibility index (Phi) is 8.57. The zero-order valence-corrected chi connectivity index (χ0v) is 20.6. The molecule has 0 aliphatic heterocycles. The fraction of sp³-hybridized carbons (Fsp3) is 0.222. The van der Waals surface area contributed by atoms with Gasteiger partial charge in [-0.1, -0.05) is 31.2 Å². The lowest BCUT2D eigenvalue weighted by atomic mass is 10.0. The number of hydrogen-bond donors (Lipinski definition) is 2.